The van der Waals surface area contributed by atoms with E-state index in [1.54, 1.807) is 0 Å². The van der Waals surface area contributed by atoms with Crippen LogP contribution in [-0.4, -0.2) is 16.0 Å². The fraction of sp³-hybridized carbons (Fsp3) is 0.438. The van der Waals surface area contributed by atoms with Crippen molar-refractivity contribution in [3.05, 3.63) is 41.5 Å². The molecule has 0 fully saturated rings. The summed E-state index contributed by atoms with van der Waals surface area (Å²) in [6, 6.07) is 7.49. The minimum Gasteiger partial charge on any atom is -0.329 e. The molecule has 1 N–H and O–H groups in total. The van der Waals surface area contributed by atoms with Crippen LogP contribution in [-0.2, 0) is 17.4 Å². The van der Waals surface area contributed by atoms with Crippen LogP contribution in [0.15, 0.2) is 28.8 Å². The summed E-state index contributed by atoms with van der Waals surface area (Å²) in [5.74, 6) is -1.37. The Labute approximate surface area is 137 Å². The first-order valence-electron chi connectivity index (χ1n) is 7.61. The molecule has 0 radical (unpaired) electrons. The van der Waals surface area contributed by atoms with Crippen LogP contribution in [0.3, 0.4) is 0 Å². The monoisotopic (exact) mass is 341 g/mol. The van der Waals surface area contributed by atoms with Crippen molar-refractivity contribution in [2.75, 3.05) is 5.32 Å². The summed E-state index contributed by atoms with van der Waals surface area (Å²) < 4.78 is 41.1. The van der Waals surface area contributed by atoms with Gasteiger partial charge in [0, 0.05) is 18.5 Å². The van der Waals surface area contributed by atoms with E-state index in [1.165, 1.54) is 0 Å². The van der Waals surface area contributed by atoms with Crippen molar-refractivity contribution in [2.24, 2.45) is 0 Å². The van der Waals surface area contributed by atoms with Crippen molar-refractivity contribution in [2.45, 2.75) is 45.2 Å². The van der Waals surface area contributed by atoms with Crippen molar-refractivity contribution in [3.8, 4) is 0 Å². The van der Waals surface area contributed by atoms with Gasteiger partial charge in [-0.05, 0) is 31.4 Å². The van der Waals surface area contributed by atoms with Gasteiger partial charge in [-0.1, -0.05) is 29.8 Å². The molecule has 2 rings (SSSR count). The van der Waals surface area contributed by atoms with Crippen molar-refractivity contribution in [1.29, 1.82) is 0 Å². The molecule has 1 heterocycles. The molecule has 0 saturated heterocycles. The van der Waals surface area contributed by atoms with Crippen LogP contribution in [0.25, 0.3) is 0 Å². The predicted octanol–water partition coefficient (Wildman–Crippen LogP) is 4.14. The zero-order valence-corrected chi connectivity index (χ0v) is 13.2. The highest BCUT2D eigenvalue weighted by molar-refractivity contribution is 5.91. The predicted molar refractivity (Wildman–Crippen MR) is 81.3 cm³/mol. The molecule has 24 heavy (non-hydrogen) atoms. The Hall–Kier alpha value is -2.38. The molecule has 1 aromatic carbocycles. The van der Waals surface area contributed by atoms with Gasteiger partial charge in [-0.2, -0.15) is 18.2 Å². The van der Waals surface area contributed by atoms with Gasteiger partial charge in [-0.3, -0.25) is 4.79 Å². The second-order valence-electron chi connectivity index (χ2n) is 5.44. The largest absolute Gasteiger partial charge is 0.471 e. The number of aryl methyl sites for hydroxylation is 2. The normalized spacial score (nSPS) is 11.5. The van der Waals surface area contributed by atoms with Gasteiger partial charge in [-0.15, -0.1) is 0 Å². The van der Waals surface area contributed by atoms with Crippen molar-refractivity contribution in [1.82, 2.24) is 10.1 Å². The Bertz CT molecular complexity index is 683. The van der Waals surface area contributed by atoms with Gasteiger partial charge >= 0.3 is 12.1 Å². The van der Waals surface area contributed by atoms with E-state index in [9.17, 15) is 18.0 Å². The molecule has 1 aromatic heterocycles. The molecule has 5 nitrogen and oxygen atoms in total. The number of amides is 1. The number of benzene rings is 1. The number of halogens is 3. The lowest BCUT2D eigenvalue weighted by molar-refractivity contribution is -0.159. The second-order valence-corrected chi connectivity index (χ2v) is 5.44. The van der Waals surface area contributed by atoms with Crippen molar-refractivity contribution >= 4 is 11.6 Å². The van der Waals surface area contributed by atoms with Crippen LogP contribution in [0, 0.1) is 6.92 Å². The molecule has 8 heteroatoms. The molecular weight excluding hydrogens is 323 g/mol. The molecule has 0 aliphatic heterocycles. The number of para-hydroxylation sites is 1. The lowest BCUT2D eigenvalue weighted by Crippen LogP contribution is -2.11. The summed E-state index contributed by atoms with van der Waals surface area (Å²) in [5.41, 5.74) is 1.78. The van der Waals surface area contributed by atoms with Gasteiger partial charge in [0.15, 0.2) is 5.82 Å². The average molecular weight is 341 g/mol. The zero-order valence-electron chi connectivity index (χ0n) is 13.2. The number of carbonyl (C=O) groups excluding carboxylic acids is 1. The quantitative estimate of drug-likeness (QED) is 0.769. The summed E-state index contributed by atoms with van der Waals surface area (Å²) in [6.07, 6.45) is -2.04. The van der Waals surface area contributed by atoms with Gasteiger partial charge in [0.05, 0.1) is 0 Å². The number of unbranched alkanes of at least 4 members (excludes halogenated alkanes) is 2. The SMILES string of the molecule is Cc1ccccc1NC(=O)CCCCCc1noc(C(F)(F)F)n1. The Morgan fingerprint density at radius 2 is 1.96 bits per heavy atom. The third-order valence-electron chi connectivity index (χ3n) is 3.43. The fourth-order valence-electron chi connectivity index (χ4n) is 2.14. The van der Waals surface area contributed by atoms with E-state index in [0.717, 1.165) is 11.3 Å². The molecular formula is C16H18F3N3O2. The minimum absolute atomic E-state index is 0.0340. The minimum atomic E-state index is -4.61. The summed E-state index contributed by atoms with van der Waals surface area (Å²) >= 11 is 0. The van der Waals surface area contributed by atoms with Gasteiger partial charge in [0.1, 0.15) is 0 Å². The van der Waals surface area contributed by atoms with Gasteiger partial charge < -0.3 is 9.84 Å². The van der Waals surface area contributed by atoms with E-state index in [1.807, 2.05) is 31.2 Å². The number of alkyl halides is 3. The van der Waals surface area contributed by atoms with Crippen LogP contribution < -0.4 is 5.32 Å². The standard InChI is InChI=1S/C16H18F3N3O2/c1-11-7-5-6-8-12(11)20-14(23)10-4-2-3-9-13-21-15(24-22-13)16(17,18)19/h5-8H,2-4,9-10H2,1H3,(H,20,23). The number of nitrogens with one attached hydrogen (secondary N) is 1. The van der Waals surface area contributed by atoms with Crippen LogP contribution in [0.4, 0.5) is 18.9 Å². The fourth-order valence-corrected chi connectivity index (χ4v) is 2.14. The van der Waals surface area contributed by atoms with Crippen molar-refractivity contribution < 1.29 is 22.5 Å². The maximum absolute atomic E-state index is 12.3. The highest BCUT2D eigenvalue weighted by atomic mass is 19.4. The first kappa shape index (κ1) is 18.0. The van der Waals surface area contributed by atoms with Crippen LogP contribution in [0.2, 0.25) is 0 Å². The molecule has 2 aromatic rings. The molecule has 0 saturated carbocycles. The molecule has 130 valence electrons. The molecule has 0 atom stereocenters. The van der Waals surface area contributed by atoms with Crippen LogP contribution >= 0.6 is 0 Å². The highest BCUT2D eigenvalue weighted by Gasteiger charge is 2.38. The molecule has 0 unspecified atom stereocenters. The Balaban J connectivity index is 1.65. The number of aromatic nitrogens is 2. The number of carbonyl (C=O) groups is 1. The van der Waals surface area contributed by atoms with E-state index in [-0.39, 0.29) is 11.7 Å². The lowest BCUT2D eigenvalue weighted by Gasteiger charge is -2.07. The van der Waals surface area contributed by atoms with E-state index >= 15 is 0 Å². The summed E-state index contributed by atoms with van der Waals surface area (Å²) in [5, 5.41) is 6.13. The summed E-state index contributed by atoms with van der Waals surface area (Å²) in [7, 11) is 0. The topological polar surface area (TPSA) is 68.0 Å². The van der Waals surface area contributed by atoms with Gasteiger partial charge in [0.25, 0.3) is 0 Å². The average Bonchev–Trinajstić information content (AvgIpc) is 2.98. The van der Waals surface area contributed by atoms with Gasteiger partial charge in [0.2, 0.25) is 5.91 Å². The van der Waals surface area contributed by atoms with E-state index in [0.29, 0.717) is 32.1 Å². The third-order valence-corrected chi connectivity index (χ3v) is 3.43. The number of hydrogen-bond donors (Lipinski definition) is 1. The maximum atomic E-state index is 12.3. The lowest BCUT2D eigenvalue weighted by atomic mass is 10.1. The van der Waals surface area contributed by atoms with E-state index in [2.05, 4.69) is 20.0 Å². The summed E-state index contributed by atoms with van der Waals surface area (Å²) in [4.78, 5) is 15.1. The maximum Gasteiger partial charge on any atom is 0.471 e. The van der Waals surface area contributed by atoms with Gasteiger partial charge in [-0.25, -0.2) is 0 Å². The number of anilines is 1. The highest BCUT2D eigenvalue weighted by Crippen LogP contribution is 2.27. The Morgan fingerprint density at radius 1 is 1.21 bits per heavy atom. The number of nitrogens with zero attached hydrogens (tertiary/aromatic N) is 2. The van der Waals surface area contributed by atoms with E-state index in [4.69, 9.17) is 0 Å². The van der Waals surface area contributed by atoms with Crippen molar-refractivity contribution in [3.63, 3.8) is 0 Å². The summed E-state index contributed by atoms with van der Waals surface area (Å²) in [6.45, 7) is 1.91. The molecule has 0 spiro atoms. The first-order chi connectivity index (χ1) is 11.4. The number of rotatable bonds is 7. The van der Waals surface area contributed by atoms with Crippen LogP contribution in [0.1, 0.15) is 43.0 Å². The molecule has 1 amide bonds. The Kier molecular flexibility index (Phi) is 5.94. The molecule has 0 aliphatic rings. The first-order valence-corrected chi connectivity index (χ1v) is 7.61. The molecule has 0 aliphatic carbocycles. The smallest absolute Gasteiger partial charge is 0.329 e. The molecule has 0 bridgehead atoms. The van der Waals surface area contributed by atoms with Crippen LogP contribution in [0.5, 0.6) is 0 Å². The number of hydrogen-bond acceptors (Lipinski definition) is 4. The zero-order chi connectivity index (χ0) is 17.6. The second kappa shape index (κ2) is 7.94. The van der Waals surface area contributed by atoms with E-state index < -0.39 is 12.1 Å². The third kappa shape index (κ3) is 5.36. The Morgan fingerprint density at radius 3 is 2.62 bits per heavy atom.